The van der Waals surface area contributed by atoms with E-state index in [1.165, 1.54) is 44.5 Å². The van der Waals surface area contributed by atoms with Crippen molar-refractivity contribution >= 4 is 23.0 Å². The monoisotopic (exact) mass is 471 g/mol. The summed E-state index contributed by atoms with van der Waals surface area (Å²) in [6.07, 6.45) is 7.85. The number of unbranched alkanes of at least 4 members (excludes halogenated alkanes) is 1. The van der Waals surface area contributed by atoms with Gasteiger partial charge in [0, 0.05) is 35.6 Å². The molecule has 3 aliphatic heterocycles. The van der Waals surface area contributed by atoms with Crippen molar-refractivity contribution in [3.8, 4) is 6.07 Å². The van der Waals surface area contributed by atoms with Gasteiger partial charge in [0.25, 0.3) is 11.6 Å². The molecular weight excluding hydrogens is 442 g/mol. The number of carbonyl (C=O) groups is 1. The highest BCUT2D eigenvalue weighted by molar-refractivity contribution is 6.10. The number of likely N-dealkylation sites (tertiary alicyclic amines) is 1. The van der Waals surface area contributed by atoms with E-state index in [4.69, 9.17) is 0 Å². The zero-order valence-corrected chi connectivity index (χ0v) is 19.7. The lowest BCUT2D eigenvalue weighted by Gasteiger charge is -2.38. The number of nitrogens with zero attached hydrogens (tertiary/aromatic N) is 5. The summed E-state index contributed by atoms with van der Waals surface area (Å²) < 4.78 is 0. The molecule has 8 nitrogen and oxygen atoms in total. The second-order valence-electron chi connectivity index (χ2n) is 9.44. The fourth-order valence-corrected chi connectivity index (χ4v) is 5.65. The van der Waals surface area contributed by atoms with E-state index in [9.17, 15) is 20.2 Å². The Hall–Kier alpha value is -3.70. The Kier molecular flexibility index (Phi) is 6.51. The van der Waals surface area contributed by atoms with Crippen molar-refractivity contribution in [2.45, 2.75) is 44.2 Å². The van der Waals surface area contributed by atoms with Gasteiger partial charge in [-0.3, -0.25) is 19.8 Å². The second kappa shape index (κ2) is 9.88. The number of rotatable bonds is 7. The standard InChI is InChI=1S/C27H29N5O3/c28-19-20-18-25-26(31(27(20)33)21-10-12-22(13-11-21)32(34)35)23-8-2-3-9-24(23)30(25)17-7-6-16-29-14-4-1-5-15-29/h2-3,8-13,18,25-26H,1,4-7,14-17H2. The molecule has 5 rings (SSSR count). The molecule has 1 amide bonds. The molecule has 3 heterocycles. The topological polar surface area (TPSA) is 93.7 Å². The number of amides is 1. The molecular formula is C27H29N5O3. The molecule has 3 aliphatic rings. The number of nitro benzene ring substituents is 1. The maximum absolute atomic E-state index is 13.3. The van der Waals surface area contributed by atoms with Gasteiger partial charge in [0.15, 0.2) is 0 Å². The number of piperidine rings is 1. The van der Waals surface area contributed by atoms with E-state index in [0.29, 0.717) is 5.69 Å². The lowest BCUT2D eigenvalue weighted by atomic mass is 9.93. The van der Waals surface area contributed by atoms with Gasteiger partial charge in [-0.05, 0) is 69.6 Å². The number of fused-ring (bicyclic) bond motifs is 3. The third-order valence-corrected chi connectivity index (χ3v) is 7.34. The van der Waals surface area contributed by atoms with Gasteiger partial charge in [0.05, 0.1) is 17.0 Å². The summed E-state index contributed by atoms with van der Waals surface area (Å²) in [5.74, 6) is -0.371. The summed E-state index contributed by atoms with van der Waals surface area (Å²) in [5.41, 5.74) is 2.74. The minimum absolute atomic E-state index is 0.0343. The first-order chi connectivity index (χ1) is 17.1. The van der Waals surface area contributed by atoms with E-state index in [0.717, 1.165) is 37.2 Å². The predicted molar refractivity (Wildman–Crippen MR) is 134 cm³/mol. The van der Waals surface area contributed by atoms with Crippen molar-refractivity contribution < 1.29 is 9.72 Å². The van der Waals surface area contributed by atoms with Crippen molar-refractivity contribution in [3.05, 3.63) is 75.9 Å². The smallest absolute Gasteiger partial charge is 0.269 e. The molecule has 0 spiro atoms. The molecule has 2 aromatic carbocycles. The molecule has 2 unspecified atom stereocenters. The van der Waals surface area contributed by atoms with Crippen LogP contribution >= 0.6 is 0 Å². The van der Waals surface area contributed by atoms with Crippen LogP contribution in [0.2, 0.25) is 0 Å². The average Bonchev–Trinajstić information content (AvgIpc) is 3.20. The Morgan fingerprint density at radius 3 is 2.43 bits per heavy atom. The first-order valence-electron chi connectivity index (χ1n) is 12.4. The van der Waals surface area contributed by atoms with Crippen LogP contribution in [0.3, 0.4) is 0 Å². The van der Waals surface area contributed by atoms with E-state index >= 15 is 0 Å². The van der Waals surface area contributed by atoms with Crippen LogP contribution in [0.25, 0.3) is 0 Å². The molecule has 8 heteroatoms. The van der Waals surface area contributed by atoms with E-state index < -0.39 is 4.92 Å². The molecule has 180 valence electrons. The number of benzene rings is 2. The molecule has 2 aromatic rings. The summed E-state index contributed by atoms with van der Waals surface area (Å²) in [4.78, 5) is 30.5. The van der Waals surface area contributed by atoms with Gasteiger partial charge in [0.1, 0.15) is 11.6 Å². The largest absolute Gasteiger partial charge is 0.362 e. The van der Waals surface area contributed by atoms with Crippen LogP contribution in [0.5, 0.6) is 0 Å². The summed E-state index contributed by atoms with van der Waals surface area (Å²) in [6, 6.07) is 15.7. The van der Waals surface area contributed by atoms with Gasteiger partial charge in [0.2, 0.25) is 0 Å². The number of nitriles is 1. The van der Waals surface area contributed by atoms with Crippen molar-refractivity contribution in [1.82, 2.24) is 4.90 Å². The third-order valence-electron chi connectivity index (χ3n) is 7.34. The number of hydrogen-bond acceptors (Lipinski definition) is 6. The summed E-state index contributed by atoms with van der Waals surface area (Å²) in [6.45, 7) is 4.33. The molecule has 2 atom stereocenters. The molecule has 0 N–H and O–H groups in total. The van der Waals surface area contributed by atoms with Crippen LogP contribution < -0.4 is 9.80 Å². The van der Waals surface area contributed by atoms with E-state index in [-0.39, 0.29) is 29.3 Å². The van der Waals surface area contributed by atoms with Crippen LogP contribution in [0.1, 0.15) is 43.7 Å². The van der Waals surface area contributed by atoms with Crippen molar-refractivity contribution in [2.24, 2.45) is 0 Å². The maximum atomic E-state index is 13.3. The predicted octanol–water partition coefficient (Wildman–Crippen LogP) is 4.59. The van der Waals surface area contributed by atoms with Crippen molar-refractivity contribution in [3.63, 3.8) is 0 Å². The molecule has 35 heavy (non-hydrogen) atoms. The minimum atomic E-state index is -0.457. The Bertz CT molecular complexity index is 1180. The number of para-hydroxylation sites is 1. The van der Waals surface area contributed by atoms with Gasteiger partial charge in [-0.2, -0.15) is 5.26 Å². The molecule has 0 saturated carbocycles. The second-order valence-corrected chi connectivity index (χ2v) is 9.44. The number of nitro groups is 1. The fourth-order valence-electron chi connectivity index (χ4n) is 5.65. The van der Waals surface area contributed by atoms with E-state index in [1.807, 2.05) is 18.2 Å². The molecule has 1 saturated heterocycles. The quantitative estimate of drug-likeness (QED) is 0.333. The number of anilines is 2. The van der Waals surface area contributed by atoms with Gasteiger partial charge in [-0.1, -0.05) is 24.6 Å². The SMILES string of the molecule is N#CC1=CC2C(c3ccccc3N2CCCCN2CCCCC2)N(c2ccc([N+](=O)[O-])cc2)C1=O. The number of hydrogen-bond donors (Lipinski definition) is 0. The average molecular weight is 472 g/mol. The van der Waals surface area contributed by atoms with E-state index in [2.05, 4.69) is 21.9 Å². The lowest BCUT2D eigenvalue weighted by Crippen LogP contribution is -2.48. The summed E-state index contributed by atoms with van der Waals surface area (Å²) in [5, 5.41) is 20.9. The summed E-state index contributed by atoms with van der Waals surface area (Å²) in [7, 11) is 0. The van der Waals surface area contributed by atoms with Crippen LogP contribution in [0.4, 0.5) is 17.1 Å². The minimum Gasteiger partial charge on any atom is -0.362 e. The van der Waals surface area contributed by atoms with Crippen LogP contribution in [0, 0.1) is 21.4 Å². The first kappa shape index (κ1) is 23.1. The highest BCUT2D eigenvalue weighted by Crippen LogP contribution is 2.47. The Labute approximate surface area is 205 Å². The van der Waals surface area contributed by atoms with Gasteiger partial charge < -0.3 is 9.80 Å². The van der Waals surface area contributed by atoms with Crippen LogP contribution in [-0.2, 0) is 4.79 Å². The van der Waals surface area contributed by atoms with Crippen LogP contribution in [-0.4, -0.2) is 48.0 Å². The molecule has 0 radical (unpaired) electrons. The molecule has 0 aliphatic carbocycles. The van der Waals surface area contributed by atoms with Gasteiger partial charge in [-0.15, -0.1) is 0 Å². The maximum Gasteiger partial charge on any atom is 0.269 e. The third kappa shape index (κ3) is 4.40. The fraction of sp³-hybridized carbons (Fsp3) is 0.407. The van der Waals surface area contributed by atoms with Crippen molar-refractivity contribution in [2.75, 3.05) is 36.0 Å². The Morgan fingerprint density at radius 2 is 1.71 bits per heavy atom. The molecule has 0 aromatic heterocycles. The van der Waals surface area contributed by atoms with Crippen molar-refractivity contribution in [1.29, 1.82) is 5.26 Å². The Balaban J connectivity index is 1.42. The summed E-state index contributed by atoms with van der Waals surface area (Å²) >= 11 is 0. The van der Waals surface area contributed by atoms with Gasteiger partial charge in [-0.25, -0.2) is 0 Å². The lowest BCUT2D eigenvalue weighted by molar-refractivity contribution is -0.384. The molecule has 1 fully saturated rings. The zero-order chi connectivity index (χ0) is 24.4. The number of non-ortho nitro benzene ring substituents is 1. The zero-order valence-electron chi connectivity index (χ0n) is 19.7. The highest BCUT2D eigenvalue weighted by atomic mass is 16.6. The van der Waals surface area contributed by atoms with Gasteiger partial charge >= 0.3 is 0 Å². The van der Waals surface area contributed by atoms with E-state index in [1.54, 1.807) is 23.1 Å². The first-order valence-corrected chi connectivity index (χ1v) is 12.4. The Morgan fingerprint density at radius 1 is 1.00 bits per heavy atom. The van der Waals surface area contributed by atoms with Crippen LogP contribution in [0.15, 0.2) is 60.2 Å². The number of carbonyl (C=O) groups excluding carboxylic acids is 1. The normalized spacial score (nSPS) is 21.8. The highest BCUT2D eigenvalue weighted by Gasteiger charge is 2.46. The molecule has 0 bridgehead atoms.